The maximum Gasteiger partial charge on any atom is 0.220 e. The molecule has 0 spiro atoms. The van der Waals surface area contributed by atoms with E-state index in [2.05, 4.69) is 31.3 Å². The second kappa shape index (κ2) is 46.8. The van der Waals surface area contributed by atoms with Crippen LogP contribution in [0.25, 0.3) is 0 Å². The fraction of sp³-hybridized carbons (Fsp3) is 0.941. The first-order chi connectivity index (χ1) is 27.6. The predicted octanol–water partition coefficient (Wildman–Crippen LogP) is 15.2. The van der Waals surface area contributed by atoms with E-state index in [0.717, 1.165) is 38.5 Å². The van der Waals surface area contributed by atoms with Crippen molar-refractivity contribution in [3.05, 3.63) is 12.2 Å². The number of carbonyl (C=O) groups is 1. The van der Waals surface area contributed by atoms with Gasteiger partial charge in [-0.3, -0.25) is 4.79 Å². The predicted molar refractivity (Wildman–Crippen MR) is 245 cm³/mol. The van der Waals surface area contributed by atoms with Gasteiger partial charge in [0.1, 0.15) is 6.10 Å². The van der Waals surface area contributed by atoms with Crippen molar-refractivity contribution in [1.82, 2.24) is 5.32 Å². The molecule has 56 heavy (non-hydrogen) atoms. The Kier molecular flexibility index (Phi) is 46.0. The first kappa shape index (κ1) is 55.1. The van der Waals surface area contributed by atoms with Gasteiger partial charge in [0.15, 0.2) is 0 Å². The number of amides is 1. The quantitative estimate of drug-likeness (QED) is 0.0365. The number of aliphatic hydroxyl groups excluding tert-OH is 3. The van der Waals surface area contributed by atoms with Crippen LogP contribution in [0.1, 0.15) is 284 Å². The minimum atomic E-state index is -1.15. The van der Waals surface area contributed by atoms with Crippen LogP contribution in [0.15, 0.2) is 12.2 Å². The summed E-state index contributed by atoms with van der Waals surface area (Å²) < 4.78 is 0. The Balaban J connectivity index is 3.51. The van der Waals surface area contributed by atoms with Crippen molar-refractivity contribution in [3.63, 3.8) is 0 Å². The molecule has 0 aromatic rings. The second-order valence-electron chi connectivity index (χ2n) is 17.7. The zero-order valence-electron chi connectivity index (χ0n) is 38.0. The van der Waals surface area contributed by atoms with Crippen molar-refractivity contribution in [2.24, 2.45) is 0 Å². The van der Waals surface area contributed by atoms with Gasteiger partial charge in [-0.25, -0.2) is 0 Å². The van der Waals surface area contributed by atoms with Gasteiger partial charge < -0.3 is 20.6 Å². The van der Waals surface area contributed by atoms with Crippen molar-refractivity contribution in [1.29, 1.82) is 0 Å². The summed E-state index contributed by atoms with van der Waals surface area (Å²) in [5, 5.41) is 33.6. The maximum absolute atomic E-state index is 12.5. The van der Waals surface area contributed by atoms with E-state index in [1.165, 1.54) is 218 Å². The molecular formula is C51H101NO4. The van der Waals surface area contributed by atoms with E-state index in [1.54, 1.807) is 0 Å². The van der Waals surface area contributed by atoms with E-state index < -0.39 is 18.2 Å². The minimum Gasteiger partial charge on any atom is -0.394 e. The molecule has 0 rings (SSSR count). The van der Waals surface area contributed by atoms with Crippen LogP contribution >= 0.6 is 0 Å². The fourth-order valence-corrected chi connectivity index (χ4v) is 8.17. The lowest BCUT2D eigenvalue weighted by Gasteiger charge is -2.26. The highest BCUT2D eigenvalue weighted by Crippen LogP contribution is 2.17. The third kappa shape index (κ3) is 41.3. The van der Waals surface area contributed by atoms with Crippen molar-refractivity contribution in [2.75, 3.05) is 6.61 Å². The third-order valence-electron chi connectivity index (χ3n) is 12.1. The first-order valence-corrected chi connectivity index (χ1v) is 25.5. The Morgan fingerprint density at radius 1 is 0.429 bits per heavy atom. The number of rotatable bonds is 47. The van der Waals surface area contributed by atoms with Crippen molar-refractivity contribution in [2.45, 2.75) is 302 Å². The van der Waals surface area contributed by atoms with Crippen LogP contribution in [0.4, 0.5) is 0 Å². The molecule has 0 aromatic heterocycles. The molecule has 0 bridgehead atoms. The van der Waals surface area contributed by atoms with Gasteiger partial charge in [0.05, 0.1) is 18.8 Å². The topological polar surface area (TPSA) is 89.8 Å². The summed E-state index contributed by atoms with van der Waals surface area (Å²) in [6, 6.07) is -0.821. The lowest BCUT2D eigenvalue weighted by Crippen LogP contribution is -2.50. The van der Waals surface area contributed by atoms with Gasteiger partial charge >= 0.3 is 0 Å². The lowest BCUT2D eigenvalue weighted by atomic mass is 10.0. The van der Waals surface area contributed by atoms with E-state index >= 15 is 0 Å². The number of allylic oxidation sites excluding steroid dienone is 2. The standard InChI is InChI=1S/C51H101NO4/c1-3-5-7-9-11-13-15-17-19-20-21-22-23-24-25-26-27-28-29-30-31-32-34-36-38-40-42-44-46-50(55)52-48(47-53)51(56)49(54)45-43-41-39-37-35-33-18-16-14-12-10-8-6-4-2/h37,39,48-49,51,53-54,56H,3-36,38,40-47H2,1-2H3,(H,52,55)/b39-37+. The number of nitrogens with one attached hydrogen (secondary N) is 1. The van der Waals surface area contributed by atoms with Gasteiger partial charge in [-0.15, -0.1) is 0 Å². The summed E-state index contributed by atoms with van der Waals surface area (Å²) in [4.78, 5) is 12.5. The highest BCUT2D eigenvalue weighted by molar-refractivity contribution is 5.76. The van der Waals surface area contributed by atoms with E-state index in [0.29, 0.717) is 12.8 Å². The molecule has 0 saturated carbocycles. The number of hydrogen-bond acceptors (Lipinski definition) is 4. The SMILES string of the molecule is CCCCCCCCCCC/C=C/CCCC(O)C(O)C(CO)NC(=O)CCCCCCCCCCCCCCCCCCCCCCCCCCCCCC. The fourth-order valence-electron chi connectivity index (χ4n) is 8.17. The summed E-state index contributed by atoms with van der Waals surface area (Å²) in [6.45, 7) is 4.19. The zero-order valence-corrected chi connectivity index (χ0v) is 38.0. The van der Waals surface area contributed by atoms with Gasteiger partial charge in [0.2, 0.25) is 5.91 Å². The van der Waals surface area contributed by atoms with Gasteiger partial charge in [-0.1, -0.05) is 251 Å². The molecule has 0 radical (unpaired) electrons. The smallest absolute Gasteiger partial charge is 0.220 e. The largest absolute Gasteiger partial charge is 0.394 e. The molecule has 0 aliphatic rings. The number of carbonyl (C=O) groups excluding carboxylic acids is 1. The Labute approximate surface area is 350 Å². The molecule has 0 aliphatic carbocycles. The summed E-state index contributed by atoms with van der Waals surface area (Å²) in [5.74, 6) is -0.149. The zero-order chi connectivity index (χ0) is 40.8. The molecule has 3 unspecified atom stereocenters. The van der Waals surface area contributed by atoms with Crippen LogP contribution in [-0.2, 0) is 4.79 Å². The van der Waals surface area contributed by atoms with E-state index in [4.69, 9.17) is 0 Å². The third-order valence-corrected chi connectivity index (χ3v) is 12.1. The van der Waals surface area contributed by atoms with Crippen LogP contribution in [0.2, 0.25) is 0 Å². The number of aliphatic hydroxyl groups is 3. The minimum absolute atomic E-state index is 0.149. The molecule has 4 N–H and O–H groups in total. The molecule has 3 atom stereocenters. The van der Waals surface area contributed by atoms with Crippen LogP contribution in [0, 0.1) is 0 Å². The highest BCUT2D eigenvalue weighted by atomic mass is 16.3. The van der Waals surface area contributed by atoms with Gasteiger partial charge in [0.25, 0.3) is 0 Å². The molecule has 1 amide bonds. The summed E-state index contributed by atoms with van der Waals surface area (Å²) in [7, 11) is 0. The summed E-state index contributed by atoms with van der Waals surface area (Å²) >= 11 is 0. The van der Waals surface area contributed by atoms with Crippen LogP contribution in [0.5, 0.6) is 0 Å². The molecular weight excluding hydrogens is 691 g/mol. The molecule has 5 nitrogen and oxygen atoms in total. The molecule has 0 saturated heterocycles. The van der Waals surface area contributed by atoms with Crippen molar-refractivity contribution >= 4 is 5.91 Å². The van der Waals surface area contributed by atoms with Crippen molar-refractivity contribution < 1.29 is 20.1 Å². The van der Waals surface area contributed by atoms with Crippen LogP contribution in [-0.4, -0.2) is 46.1 Å². The van der Waals surface area contributed by atoms with Crippen LogP contribution < -0.4 is 5.32 Å². The normalized spacial score (nSPS) is 13.4. The maximum atomic E-state index is 12.5. The Hall–Kier alpha value is -0.910. The first-order valence-electron chi connectivity index (χ1n) is 25.5. The molecule has 0 aromatic carbocycles. The molecule has 5 heteroatoms. The summed E-state index contributed by atoms with van der Waals surface area (Å²) in [5.41, 5.74) is 0. The Bertz CT molecular complexity index is 788. The average Bonchev–Trinajstić information content (AvgIpc) is 3.20. The number of hydrogen-bond donors (Lipinski definition) is 4. The second-order valence-corrected chi connectivity index (χ2v) is 17.7. The molecule has 0 heterocycles. The summed E-state index contributed by atoms with van der Waals surface area (Å²) in [6.07, 6.45) is 56.4. The highest BCUT2D eigenvalue weighted by Gasteiger charge is 2.26. The van der Waals surface area contributed by atoms with Gasteiger partial charge in [0, 0.05) is 6.42 Å². The van der Waals surface area contributed by atoms with E-state index in [9.17, 15) is 20.1 Å². The monoisotopic (exact) mass is 792 g/mol. The lowest BCUT2D eigenvalue weighted by molar-refractivity contribution is -0.124. The van der Waals surface area contributed by atoms with Crippen molar-refractivity contribution in [3.8, 4) is 0 Å². The van der Waals surface area contributed by atoms with E-state index in [-0.39, 0.29) is 12.5 Å². The average molecular weight is 792 g/mol. The van der Waals surface area contributed by atoms with E-state index in [1.807, 2.05) is 0 Å². The Morgan fingerprint density at radius 2 is 0.714 bits per heavy atom. The Morgan fingerprint density at radius 3 is 1.04 bits per heavy atom. The molecule has 0 aliphatic heterocycles. The van der Waals surface area contributed by atoms with Gasteiger partial charge in [-0.05, 0) is 38.5 Å². The van der Waals surface area contributed by atoms with Gasteiger partial charge in [-0.2, -0.15) is 0 Å². The van der Waals surface area contributed by atoms with Crippen LogP contribution in [0.3, 0.4) is 0 Å². The number of unbranched alkanes of at least 4 members (excludes halogenated alkanes) is 37. The molecule has 0 fully saturated rings. The molecule has 334 valence electrons.